The number of aliphatic hydroxyl groups excluding tert-OH is 1. The molecular formula is C35H61NO7. The van der Waals surface area contributed by atoms with E-state index < -0.39 is 11.7 Å². The van der Waals surface area contributed by atoms with Gasteiger partial charge < -0.3 is 34.5 Å². The predicted octanol–water partition coefficient (Wildman–Crippen LogP) is 6.42. The average Bonchev–Trinajstić information content (AvgIpc) is 2.95. The van der Waals surface area contributed by atoms with Crippen molar-refractivity contribution in [1.29, 1.82) is 0 Å². The molecule has 0 aromatic carbocycles. The average molecular weight is 608 g/mol. The Bertz CT molecular complexity index is 903. The predicted molar refractivity (Wildman–Crippen MR) is 171 cm³/mol. The fourth-order valence-corrected chi connectivity index (χ4v) is 6.47. The van der Waals surface area contributed by atoms with Gasteiger partial charge >= 0.3 is 0 Å². The van der Waals surface area contributed by atoms with Crippen molar-refractivity contribution in [3.8, 4) is 0 Å². The van der Waals surface area contributed by atoms with Gasteiger partial charge in [0.1, 0.15) is 18.1 Å². The topological polar surface area (TPSA) is 106 Å². The van der Waals surface area contributed by atoms with Crippen molar-refractivity contribution in [2.75, 3.05) is 26.9 Å². The number of amides is 1. The highest BCUT2D eigenvalue weighted by Gasteiger charge is 2.44. The first-order valence-corrected chi connectivity index (χ1v) is 16.6. The highest BCUT2D eigenvalue weighted by Crippen LogP contribution is 2.44. The van der Waals surface area contributed by atoms with Crippen LogP contribution in [0.3, 0.4) is 0 Å². The number of hydrogen-bond acceptors (Lipinski definition) is 7. The van der Waals surface area contributed by atoms with Crippen molar-refractivity contribution >= 4 is 5.91 Å². The summed E-state index contributed by atoms with van der Waals surface area (Å²) in [6.07, 6.45) is 8.74. The van der Waals surface area contributed by atoms with Crippen molar-refractivity contribution in [3.05, 3.63) is 36.5 Å². The summed E-state index contributed by atoms with van der Waals surface area (Å²) in [4.78, 5) is 13.3. The number of rotatable bonds is 21. The second kappa shape index (κ2) is 18.7. The van der Waals surface area contributed by atoms with Gasteiger partial charge in [-0.15, -0.1) is 0 Å². The summed E-state index contributed by atoms with van der Waals surface area (Å²) >= 11 is 0. The van der Waals surface area contributed by atoms with E-state index in [2.05, 4.69) is 39.2 Å². The molecule has 7 atom stereocenters. The number of aliphatic hydroxyl groups is 2. The van der Waals surface area contributed by atoms with Gasteiger partial charge in [0, 0.05) is 38.4 Å². The van der Waals surface area contributed by atoms with Crippen molar-refractivity contribution in [2.45, 2.75) is 129 Å². The zero-order chi connectivity index (χ0) is 32.0. The lowest BCUT2D eigenvalue weighted by molar-refractivity contribution is -0.128. The van der Waals surface area contributed by atoms with Gasteiger partial charge in [-0.25, -0.2) is 0 Å². The molecule has 2 aliphatic carbocycles. The molecule has 8 nitrogen and oxygen atoms in total. The zero-order valence-corrected chi connectivity index (χ0v) is 27.9. The molecule has 0 heterocycles. The van der Waals surface area contributed by atoms with Crippen molar-refractivity contribution in [2.24, 2.45) is 23.7 Å². The number of fused-ring (bicyclic) bond motifs is 2. The molecule has 8 heteroatoms. The Balaban J connectivity index is 1.85. The van der Waals surface area contributed by atoms with E-state index in [1.807, 2.05) is 13.8 Å². The third-order valence-electron chi connectivity index (χ3n) is 9.09. The van der Waals surface area contributed by atoms with E-state index in [9.17, 15) is 15.0 Å². The molecule has 248 valence electrons. The van der Waals surface area contributed by atoms with Gasteiger partial charge in [0.2, 0.25) is 5.91 Å². The number of ether oxygens (including phenoxy) is 4. The van der Waals surface area contributed by atoms with Gasteiger partial charge in [-0.05, 0) is 70.1 Å². The van der Waals surface area contributed by atoms with Gasteiger partial charge in [-0.2, -0.15) is 0 Å². The molecule has 1 amide bonds. The monoisotopic (exact) mass is 607 g/mol. The van der Waals surface area contributed by atoms with Crippen LogP contribution in [-0.4, -0.2) is 66.9 Å². The Morgan fingerprint density at radius 1 is 1.21 bits per heavy atom. The van der Waals surface area contributed by atoms with Gasteiger partial charge in [0.25, 0.3) is 0 Å². The fourth-order valence-electron chi connectivity index (χ4n) is 6.47. The van der Waals surface area contributed by atoms with E-state index in [1.165, 1.54) is 0 Å². The maximum absolute atomic E-state index is 13.3. The third-order valence-corrected chi connectivity index (χ3v) is 9.09. The van der Waals surface area contributed by atoms with Crippen molar-refractivity contribution < 1.29 is 34.0 Å². The smallest absolute Gasteiger partial charge is 0.223 e. The van der Waals surface area contributed by atoms with Gasteiger partial charge in [0.05, 0.1) is 36.7 Å². The van der Waals surface area contributed by atoms with Crippen LogP contribution in [0.25, 0.3) is 0 Å². The number of carbonyl (C=O) groups excluding carboxylic acids is 1. The molecule has 2 rings (SSSR count). The van der Waals surface area contributed by atoms with Crippen LogP contribution in [0.2, 0.25) is 0 Å². The van der Waals surface area contributed by atoms with Gasteiger partial charge in [0.15, 0.2) is 0 Å². The minimum Gasteiger partial charge on any atom is -0.498 e. The molecule has 0 aromatic heterocycles. The zero-order valence-electron chi connectivity index (χ0n) is 27.9. The molecule has 0 saturated heterocycles. The second-order valence-electron chi connectivity index (χ2n) is 13.2. The van der Waals surface area contributed by atoms with Crippen LogP contribution < -0.4 is 5.32 Å². The van der Waals surface area contributed by atoms with Gasteiger partial charge in [-0.1, -0.05) is 52.8 Å². The fraction of sp³-hybridized carbons (Fsp3) is 0.800. The first-order valence-electron chi connectivity index (χ1n) is 16.6. The Labute approximate surface area is 261 Å². The molecule has 0 aromatic rings. The minimum atomic E-state index is -0.652. The van der Waals surface area contributed by atoms with E-state index in [1.54, 1.807) is 13.4 Å². The van der Waals surface area contributed by atoms with Crippen LogP contribution in [0.15, 0.2) is 36.5 Å². The van der Waals surface area contributed by atoms with Crippen LogP contribution in [-0.2, 0) is 23.7 Å². The molecule has 0 radical (unpaired) electrons. The second-order valence-corrected chi connectivity index (χ2v) is 13.2. The molecule has 3 N–H and O–H groups in total. The van der Waals surface area contributed by atoms with Crippen LogP contribution >= 0.6 is 0 Å². The molecular weight excluding hydrogens is 546 g/mol. The number of hydrogen-bond donors (Lipinski definition) is 3. The SMILES string of the molecule is C=C1CC2(O)CCC[C@H](C2)C1NC(=O)C(CC)C[C@H](O)CC[C@H](OC(=C)[C@H](C)C/C(=C/OCCCOC)OCC)C(C)C. The van der Waals surface area contributed by atoms with E-state index in [4.69, 9.17) is 18.9 Å². The summed E-state index contributed by atoms with van der Waals surface area (Å²) in [5.74, 6) is 1.64. The number of carbonyl (C=O) groups is 1. The first kappa shape index (κ1) is 37.2. The maximum atomic E-state index is 13.3. The number of methoxy groups -OCH3 is 1. The normalized spacial score (nSPS) is 25.0. The van der Waals surface area contributed by atoms with Crippen LogP contribution in [0.1, 0.15) is 105 Å². The Morgan fingerprint density at radius 2 is 1.95 bits per heavy atom. The largest absolute Gasteiger partial charge is 0.498 e. The summed E-state index contributed by atoms with van der Waals surface area (Å²) in [6, 6.07) is -0.0914. The Hall–Kier alpha value is -2.03. The molecule has 2 aliphatic rings. The number of allylic oxidation sites excluding steroid dienone is 2. The molecule has 43 heavy (non-hydrogen) atoms. The molecule has 2 fully saturated rings. The lowest BCUT2D eigenvalue weighted by atomic mass is 9.65. The van der Waals surface area contributed by atoms with Gasteiger partial charge in [-0.3, -0.25) is 4.79 Å². The van der Waals surface area contributed by atoms with E-state index in [0.29, 0.717) is 64.1 Å². The lowest BCUT2D eigenvalue weighted by Gasteiger charge is -2.47. The Morgan fingerprint density at radius 3 is 2.60 bits per heavy atom. The van der Waals surface area contributed by atoms with Crippen molar-refractivity contribution in [3.63, 3.8) is 0 Å². The molecule has 2 saturated carbocycles. The maximum Gasteiger partial charge on any atom is 0.223 e. The van der Waals surface area contributed by atoms with Crippen LogP contribution in [0.4, 0.5) is 0 Å². The molecule has 3 unspecified atom stereocenters. The van der Waals surface area contributed by atoms with Crippen molar-refractivity contribution in [1.82, 2.24) is 5.32 Å². The first-order chi connectivity index (χ1) is 20.4. The van der Waals surface area contributed by atoms with Crippen LogP contribution in [0, 0.1) is 23.7 Å². The quantitative estimate of drug-likeness (QED) is 0.0785. The summed E-state index contributed by atoms with van der Waals surface area (Å²) in [5, 5.41) is 25.0. The minimum absolute atomic E-state index is 0.0226. The third kappa shape index (κ3) is 12.5. The van der Waals surface area contributed by atoms with Crippen LogP contribution in [0.5, 0.6) is 0 Å². The van der Waals surface area contributed by atoms with E-state index in [0.717, 1.165) is 43.4 Å². The summed E-state index contributed by atoms with van der Waals surface area (Å²) in [6.45, 7) is 20.4. The molecule has 2 bridgehead atoms. The number of nitrogens with one attached hydrogen (secondary N) is 1. The Kier molecular flexibility index (Phi) is 16.2. The molecule has 0 spiro atoms. The van der Waals surface area contributed by atoms with E-state index in [-0.39, 0.29) is 41.7 Å². The van der Waals surface area contributed by atoms with E-state index >= 15 is 0 Å². The highest BCUT2D eigenvalue weighted by atomic mass is 16.5. The molecule has 0 aliphatic heterocycles. The highest BCUT2D eigenvalue weighted by molar-refractivity contribution is 5.79. The summed E-state index contributed by atoms with van der Waals surface area (Å²) in [5.41, 5.74) is 0.271. The standard InChI is InChI=1S/C35H61NO7/c1-9-28(34(38)36-33-26(6)21-35(39)16-11-13-29(33)22-35)20-30(37)14-15-32(24(3)4)43-27(7)25(5)19-31(42-10-2)23-41-18-12-17-40-8/h23-25,28-30,32-33,37,39H,6-7,9-22H2,1-5,8H3,(H,36,38)/b31-23-/t25-,28?,29-,30-,32+,33?,35?/m1/s1. The summed E-state index contributed by atoms with van der Waals surface area (Å²) in [7, 11) is 1.67. The summed E-state index contributed by atoms with van der Waals surface area (Å²) < 4.78 is 22.8. The lowest BCUT2D eigenvalue weighted by Crippen LogP contribution is -2.53.